The van der Waals surface area contributed by atoms with Crippen LogP contribution < -0.4 is 0 Å². The quantitative estimate of drug-likeness (QED) is 0.773. The van der Waals surface area contributed by atoms with Crippen molar-refractivity contribution in [1.82, 2.24) is 4.90 Å². The zero-order chi connectivity index (χ0) is 17.2. The first-order chi connectivity index (χ1) is 10.7. The number of hydrogen-bond donors (Lipinski definition) is 0. The van der Waals surface area contributed by atoms with Crippen molar-refractivity contribution in [1.29, 1.82) is 0 Å². The number of carbonyl (C=O) groups is 2. The Morgan fingerprint density at radius 1 is 1.43 bits per heavy atom. The topological polar surface area (TPSA) is 46.6 Å². The molecular weight excluding hydrogens is 365 g/mol. The molecule has 6 heteroatoms. The van der Waals surface area contributed by atoms with Crippen molar-refractivity contribution in [3.63, 3.8) is 0 Å². The predicted molar refractivity (Wildman–Crippen MR) is 88.7 cm³/mol. The Morgan fingerprint density at radius 3 is 2.78 bits per heavy atom. The van der Waals surface area contributed by atoms with Crippen molar-refractivity contribution >= 4 is 27.8 Å². The molecule has 1 atom stereocenters. The SMILES string of the molecule is CC(C)(C)OC(=O)N1CCC(=O)C(Cc2cc(F)ccc2Br)C1. The molecule has 1 unspecified atom stereocenters. The lowest BCUT2D eigenvalue weighted by Gasteiger charge is -2.33. The molecule has 2 rings (SSSR count). The monoisotopic (exact) mass is 385 g/mol. The highest BCUT2D eigenvalue weighted by atomic mass is 79.9. The molecule has 1 heterocycles. The average Bonchev–Trinajstić information content (AvgIpc) is 2.43. The third-order valence-electron chi connectivity index (χ3n) is 3.65. The average molecular weight is 386 g/mol. The summed E-state index contributed by atoms with van der Waals surface area (Å²) >= 11 is 3.38. The maximum absolute atomic E-state index is 13.4. The molecule has 23 heavy (non-hydrogen) atoms. The number of halogens is 2. The normalized spacial score (nSPS) is 18.9. The Labute approximate surface area is 144 Å². The summed E-state index contributed by atoms with van der Waals surface area (Å²) in [6, 6.07) is 4.41. The number of benzene rings is 1. The Balaban J connectivity index is 2.08. The van der Waals surface area contributed by atoms with E-state index in [2.05, 4.69) is 15.9 Å². The molecule has 126 valence electrons. The molecule has 1 aromatic rings. The van der Waals surface area contributed by atoms with Gasteiger partial charge in [0.2, 0.25) is 0 Å². The standard InChI is InChI=1S/C17H21BrFNO3/c1-17(2,3)23-16(22)20-7-6-15(21)12(10-20)8-11-9-13(19)4-5-14(11)18/h4-5,9,12H,6-8,10H2,1-3H3. The Hall–Kier alpha value is -1.43. The van der Waals surface area contributed by atoms with Gasteiger partial charge in [-0.3, -0.25) is 4.79 Å². The highest BCUT2D eigenvalue weighted by Crippen LogP contribution is 2.25. The van der Waals surface area contributed by atoms with Crippen LogP contribution in [-0.4, -0.2) is 35.5 Å². The van der Waals surface area contributed by atoms with Crippen LogP contribution in [0.5, 0.6) is 0 Å². The lowest BCUT2D eigenvalue weighted by atomic mass is 9.90. The first-order valence-corrected chi connectivity index (χ1v) is 8.39. The van der Waals surface area contributed by atoms with Gasteiger partial charge in [0, 0.05) is 29.9 Å². The van der Waals surface area contributed by atoms with Gasteiger partial charge in [0.05, 0.1) is 0 Å². The van der Waals surface area contributed by atoms with E-state index < -0.39 is 11.7 Å². The van der Waals surface area contributed by atoms with E-state index in [1.807, 2.05) is 0 Å². The van der Waals surface area contributed by atoms with Gasteiger partial charge in [0.25, 0.3) is 0 Å². The van der Waals surface area contributed by atoms with Crippen LogP contribution in [0.4, 0.5) is 9.18 Å². The van der Waals surface area contributed by atoms with Gasteiger partial charge >= 0.3 is 6.09 Å². The van der Waals surface area contributed by atoms with Crippen LogP contribution in [0.15, 0.2) is 22.7 Å². The van der Waals surface area contributed by atoms with Gasteiger partial charge in [0.15, 0.2) is 0 Å². The lowest BCUT2D eigenvalue weighted by Crippen LogP contribution is -2.46. The van der Waals surface area contributed by atoms with Crippen molar-refractivity contribution in [2.75, 3.05) is 13.1 Å². The van der Waals surface area contributed by atoms with Crippen LogP contribution in [0.3, 0.4) is 0 Å². The number of rotatable bonds is 2. The minimum absolute atomic E-state index is 0.0981. The predicted octanol–water partition coefficient (Wildman–Crippen LogP) is 3.96. The molecule has 1 fully saturated rings. The summed E-state index contributed by atoms with van der Waals surface area (Å²) in [7, 11) is 0. The van der Waals surface area contributed by atoms with E-state index >= 15 is 0 Å². The first-order valence-electron chi connectivity index (χ1n) is 7.60. The molecule has 1 saturated heterocycles. The fourth-order valence-electron chi connectivity index (χ4n) is 2.54. The van der Waals surface area contributed by atoms with Gasteiger partial charge in [0.1, 0.15) is 17.2 Å². The highest BCUT2D eigenvalue weighted by Gasteiger charge is 2.32. The van der Waals surface area contributed by atoms with Crippen LogP contribution in [-0.2, 0) is 16.0 Å². The van der Waals surface area contributed by atoms with Crippen molar-refractivity contribution < 1.29 is 18.7 Å². The molecule has 0 aromatic heterocycles. The fraction of sp³-hybridized carbons (Fsp3) is 0.529. The molecule has 1 aromatic carbocycles. The second kappa shape index (κ2) is 6.99. The Kier molecular flexibility index (Phi) is 5.45. The van der Waals surface area contributed by atoms with E-state index in [-0.39, 0.29) is 17.5 Å². The number of ether oxygens (including phenoxy) is 1. The summed E-state index contributed by atoms with van der Waals surface area (Å²) in [4.78, 5) is 25.9. The second-order valence-electron chi connectivity index (χ2n) is 6.78. The van der Waals surface area contributed by atoms with Crippen molar-refractivity contribution in [3.05, 3.63) is 34.1 Å². The van der Waals surface area contributed by atoms with Crippen LogP contribution in [0.25, 0.3) is 0 Å². The maximum Gasteiger partial charge on any atom is 0.410 e. The molecule has 0 saturated carbocycles. The molecule has 0 N–H and O–H groups in total. The lowest BCUT2D eigenvalue weighted by molar-refractivity contribution is -0.125. The van der Waals surface area contributed by atoms with Gasteiger partial charge < -0.3 is 9.64 Å². The van der Waals surface area contributed by atoms with E-state index in [9.17, 15) is 14.0 Å². The zero-order valence-electron chi connectivity index (χ0n) is 13.6. The number of ketones is 1. The molecule has 4 nitrogen and oxygen atoms in total. The molecule has 0 bridgehead atoms. The molecule has 0 aliphatic carbocycles. The highest BCUT2D eigenvalue weighted by molar-refractivity contribution is 9.10. The Morgan fingerprint density at radius 2 is 2.13 bits per heavy atom. The minimum atomic E-state index is -0.570. The number of piperidine rings is 1. The second-order valence-corrected chi connectivity index (χ2v) is 7.63. The third kappa shape index (κ3) is 5.03. The van der Waals surface area contributed by atoms with Crippen molar-refractivity contribution in [2.45, 2.75) is 39.2 Å². The third-order valence-corrected chi connectivity index (χ3v) is 4.42. The summed E-state index contributed by atoms with van der Waals surface area (Å²) in [6.07, 6.45) is 0.293. The maximum atomic E-state index is 13.4. The summed E-state index contributed by atoms with van der Waals surface area (Å²) in [5, 5.41) is 0. The van der Waals surface area contributed by atoms with Crippen molar-refractivity contribution in [3.8, 4) is 0 Å². The summed E-state index contributed by atoms with van der Waals surface area (Å²) in [5.41, 5.74) is 0.161. The van der Waals surface area contributed by atoms with Gasteiger partial charge in [-0.2, -0.15) is 0 Å². The van der Waals surface area contributed by atoms with E-state index in [4.69, 9.17) is 4.74 Å². The first kappa shape index (κ1) is 17.9. The number of carbonyl (C=O) groups excluding carboxylic acids is 2. The van der Waals surface area contributed by atoms with Crippen LogP contribution in [0.1, 0.15) is 32.8 Å². The van der Waals surface area contributed by atoms with Crippen LogP contribution >= 0.6 is 15.9 Å². The molecule has 0 radical (unpaired) electrons. The molecular formula is C17H21BrFNO3. The van der Waals surface area contributed by atoms with Crippen molar-refractivity contribution in [2.24, 2.45) is 5.92 Å². The molecule has 1 aliphatic heterocycles. The van der Waals surface area contributed by atoms with E-state index in [1.54, 1.807) is 31.7 Å². The fourth-order valence-corrected chi connectivity index (χ4v) is 2.95. The van der Waals surface area contributed by atoms with Crippen LogP contribution in [0, 0.1) is 11.7 Å². The molecule has 1 amide bonds. The smallest absolute Gasteiger partial charge is 0.410 e. The number of nitrogens with zero attached hydrogens (tertiary/aromatic N) is 1. The minimum Gasteiger partial charge on any atom is -0.444 e. The van der Waals surface area contributed by atoms with Gasteiger partial charge in [-0.1, -0.05) is 15.9 Å². The molecule has 0 spiro atoms. The van der Waals surface area contributed by atoms with Gasteiger partial charge in [-0.05, 0) is 51.0 Å². The number of hydrogen-bond acceptors (Lipinski definition) is 3. The summed E-state index contributed by atoms with van der Waals surface area (Å²) < 4.78 is 19.5. The van der Waals surface area contributed by atoms with E-state index in [0.29, 0.717) is 25.9 Å². The van der Waals surface area contributed by atoms with Gasteiger partial charge in [-0.25, -0.2) is 9.18 Å². The summed E-state index contributed by atoms with van der Waals surface area (Å²) in [5.74, 6) is -0.578. The molecule has 1 aliphatic rings. The zero-order valence-corrected chi connectivity index (χ0v) is 15.2. The van der Waals surface area contributed by atoms with E-state index in [0.717, 1.165) is 10.0 Å². The number of amides is 1. The van der Waals surface area contributed by atoms with Gasteiger partial charge in [-0.15, -0.1) is 0 Å². The largest absolute Gasteiger partial charge is 0.444 e. The van der Waals surface area contributed by atoms with E-state index in [1.165, 1.54) is 12.1 Å². The summed E-state index contributed by atoms with van der Waals surface area (Å²) in [6.45, 7) is 6.09. The number of Topliss-reactive ketones (excluding diaryl/α,β-unsaturated/α-hetero) is 1. The number of likely N-dealkylation sites (tertiary alicyclic amines) is 1. The van der Waals surface area contributed by atoms with Crippen LogP contribution in [0.2, 0.25) is 0 Å². The Bertz CT molecular complexity index is 612.